The molecule has 0 atom stereocenters. The van der Waals surface area contributed by atoms with Gasteiger partial charge in [0.2, 0.25) is 0 Å². The molecule has 29 heavy (non-hydrogen) atoms. The van der Waals surface area contributed by atoms with Gasteiger partial charge < -0.3 is 4.74 Å². The molecule has 3 nitrogen and oxygen atoms in total. The van der Waals surface area contributed by atoms with Crippen molar-refractivity contribution in [2.45, 2.75) is 110 Å². The second-order valence-corrected chi connectivity index (χ2v) is 7.83. The van der Waals surface area contributed by atoms with E-state index in [0.29, 0.717) is 12.0 Å². The molecule has 0 heterocycles. The third-order valence-electron chi connectivity index (χ3n) is 5.20. The summed E-state index contributed by atoms with van der Waals surface area (Å²) in [4.78, 5) is 23.5. The molecule has 4 heteroatoms. The fourth-order valence-electron chi connectivity index (χ4n) is 3.43. The Morgan fingerprint density at radius 3 is 1.52 bits per heavy atom. The third kappa shape index (κ3) is 16.4. The summed E-state index contributed by atoms with van der Waals surface area (Å²) >= 11 is 0. The van der Waals surface area contributed by atoms with E-state index in [1.807, 2.05) is 6.07 Å². The van der Waals surface area contributed by atoms with Crippen molar-refractivity contribution >= 4 is 30.8 Å². The van der Waals surface area contributed by atoms with Crippen molar-refractivity contribution < 1.29 is 14.3 Å². The molecule has 0 aliphatic rings. The van der Waals surface area contributed by atoms with E-state index in [9.17, 15) is 9.59 Å². The summed E-state index contributed by atoms with van der Waals surface area (Å²) in [7, 11) is 0. The second-order valence-electron chi connectivity index (χ2n) is 7.83. The SMILES string of the molecule is CCCCCCCCCCCCCCCCCC(=O)OC(=O)c1ccccc1.[LiH]. The van der Waals surface area contributed by atoms with Crippen LogP contribution in [0.3, 0.4) is 0 Å². The average Bonchev–Trinajstić information content (AvgIpc) is 2.71. The van der Waals surface area contributed by atoms with Crippen LogP contribution >= 0.6 is 0 Å². The van der Waals surface area contributed by atoms with Crippen LogP contribution in [0.5, 0.6) is 0 Å². The van der Waals surface area contributed by atoms with Gasteiger partial charge in [0.1, 0.15) is 0 Å². The van der Waals surface area contributed by atoms with Crippen molar-refractivity contribution in [2.75, 3.05) is 0 Å². The number of ether oxygens (including phenoxy) is 1. The maximum atomic E-state index is 11.8. The molecule has 0 fully saturated rings. The Bertz CT molecular complexity index is 516. The van der Waals surface area contributed by atoms with E-state index in [-0.39, 0.29) is 18.9 Å². The number of esters is 2. The maximum absolute atomic E-state index is 11.8. The molecule has 1 aromatic carbocycles. The van der Waals surface area contributed by atoms with E-state index in [4.69, 9.17) is 4.74 Å². The minimum atomic E-state index is -0.549. The first-order chi connectivity index (χ1) is 13.7. The van der Waals surface area contributed by atoms with Gasteiger partial charge in [-0.2, -0.15) is 0 Å². The molecule has 0 aliphatic carbocycles. The number of rotatable bonds is 17. The minimum absolute atomic E-state index is 0. The van der Waals surface area contributed by atoms with Crippen LogP contribution in [0.4, 0.5) is 0 Å². The van der Waals surface area contributed by atoms with Gasteiger partial charge in [-0.25, -0.2) is 4.79 Å². The van der Waals surface area contributed by atoms with Gasteiger partial charge in [0.05, 0.1) is 5.56 Å². The van der Waals surface area contributed by atoms with Crippen LogP contribution in [0.2, 0.25) is 0 Å². The fraction of sp³-hybridized carbons (Fsp3) is 0.680. The molecule has 1 aromatic rings. The van der Waals surface area contributed by atoms with Crippen LogP contribution < -0.4 is 0 Å². The quantitative estimate of drug-likeness (QED) is 0.123. The average molecular weight is 397 g/mol. The van der Waals surface area contributed by atoms with Crippen molar-refractivity contribution in [3.63, 3.8) is 0 Å². The van der Waals surface area contributed by atoms with E-state index in [1.165, 1.54) is 77.0 Å². The molecule has 0 unspecified atom stereocenters. The van der Waals surface area contributed by atoms with E-state index < -0.39 is 11.9 Å². The molecule has 0 amide bonds. The van der Waals surface area contributed by atoms with E-state index in [1.54, 1.807) is 24.3 Å². The Morgan fingerprint density at radius 2 is 1.07 bits per heavy atom. The Hall–Kier alpha value is -1.04. The first kappa shape index (κ1) is 28.0. The van der Waals surface area contributed by atoms with Crippen LogP contribution in [-0.2, 0) is 9.53 Å². The van der Waals surface area contributed by atoms with Crippen LogP contribution in [-0.4, -0.2) is 30.8 Å². The number of benzene rings is 1. The summed E-state index contributed by atoms with van der Waals surface area (Å²) in [6.45, 7) is 2.27. The van der Waals surface area contributed by atoms with Gasteiger partial charge in [0, 0.05) is 6.42 Å². The normalized spacial score (nSPS) is 10.4. The number of hydrogen-bond acceptors (Lipinski definition) is 3. The summed E-state index contributed by atoms with van der Waals surface area (Å²) in [5, 5.41) is 0. The Morgan fingerprint density at radius 1 is 0.655 bits per heavy atom. The van der Waals surface area contributed by atoms with Crippen molar-refractivity contribution in [1.29, 1.82) is 0 Å². The predicted octanol–water partition coefficient (Wildman–Crippen LogP) is 6.98. The third-order valence-corrected chi connectivity index (χ3v) is 5.20. The fourth-order valence-corrected chi connectivity index (χ4v) is 3.43. The number of carbonyl (C=O) groups excluding carboxylic acids is 2. The molecule has 0 aromatic heterocycles. The summed E-state index contributed by atoms with van der Waals surface area (Å²) < 4.78 is 4.88. The van der Waals surface area contributed by atoms with Crippen molar-refractivity contribution in [3.05, 3.63) is 35.9 Å². The number of carbonyl (C=O) groups is 2. The van der Waals surface area contributed by atoms with Crippen LogP contribution in [0, 0.1) is 0 Å². The van der Waals surface area contributed by atoms with Crippen LogP contribution in [0.25, 0.3) is 0 Å². The van der Waals surface area contributed by atoms with Crippen LogP contribution in [0.15, 0.2) is 30.3 Å². The molecule has 0 N–H and O–H groups in total. The van der Waals surface area contributed by atoms with Gasteiger partial charge in [-0.1, -0.05) is 115 Å². The van der Waals surface area contributed by atoms with Gasteiger partial charge in [-0.3, -0.25) is 4.79 Å². The van der Waals surface area contributed by atoms with Crippen LogP contribution in [0.1, 0.15) is 120 Å². The van der Waals surface area contributed by atoms with E-state index in [0.717, 1.165) is 19.3 Å². The van der Waals surface area contributed by atoms with Gasteiger partial charge in [-0.15, -0.1) is 0 Å². The Kier molecular flexibility index (Phi) is 19.5. The predicted molar refractivity (Wildman–Crippen MR) is 124 cm³/mol. The van der Waals surface area contributed by atoms with Crippen molar-refractivity contribution in [3.8, 4) is 0 Å². The monoisotopic (exact) mass is 396 g/mol. The Labute approximate surface area is 190 Å². The van der Waals surface area contributed by atoms with E-state index in [2.05, 4.69) is 6.92 Å². The summed E-state index contributed by atoms with van der Waals surface area (Å²) in [5.41, 5.74) is 0.423. The first-order valence-corrected chi connectivity index (χ1v) is 11.5. The number of unbranched alkanes of at least 4 members (excludes halogenated alkanes) is 14. The summed E-state index contributed by atoms with van der Waals surface area (Å²) in [5.74, 6) is -0.963. The summed E-state index contributed by atoms with van der Waals surface area (Å²) in [6.07, 6.45) is 19.7. The van der Waals surface area contributed by atoms with Gasteiger partial charge in [0.15, 0.2) is 0 Å². The topological polar surface area (TPSA) is 43.4 Å². The molecule has 0 radical (unpaired) electrons. The molecule has 0 spiro atoms. The zero-order chi connectivity index (χ0) is 20.3. The number of hydrogen-bond donors (Lipinski definition) is 0. The van der Waals surface area contributed by atoms with E-state index >= 15 is 0 Å². The molecule has 1 rings (SSSR count). The Balaban J connectivity index is 0.00000784. The van der Waals surface area contributed by atoms with Crippen molar-refractivity contribution in [1.82, 2.24) is 0 Å². The molecule has 0 saturated carbocycles. The second kappa shape index (κ2) is 20.2. The molecule has 0 bridgehead atoms. The van der Waals surface area contributed by atoms with Gasteiger partial charge in [-0.05, 0) is 18.6 Å². The van der Waals surface area contributed by atoms with Gasteiger partial charge in [0.25, 0.3) is 0 Å². The van der Waals surface area contributed by atoms with Crippen molar-refractivity contribution in [2.24, 2.45) is 0 Å². The van der Waals surface area contributed by atoms with Gasteiger partial charge >= 0.3 is 30.8 Å². The zero-order valence-electron chi connectivity index (χ0n) is 17.9. The zero-order valence-corrected chi connectivity index (χ0v) is 17.9. The summed E-state index contributed by atoms with van der Waals surface area (Å²) in [6, 6.07) is 8.66. The molecule has 0 aliphatic heterocycles. The molecular formula is C25H41LiO3. The molecular weight excluding hydrogens is 355 g/mol. The molecule has 0 saturated heterocycles. The molecule has 160 valence electrons. The first-order valence-electron chi connectivity index (χ1n) is 11.5. The standard InChI is InChI=1S/C25H40O3.Li.H/c1-2-3-4-5-6-7-8-9-10-11-12-13-14-15-19-22-24(26)28-25(27)23-20-17-16-18-21-23;;/h16-18,20-21H,2-15,19,22H2,1H3;;.